The third-order valence-electron chi connectivity index (χ3n) is 3.67. The summed E-state index contributed by atoms with van der Waals surface area (Å²) in [6.45, 7) is 14.7. The minimum Gasteiger partial charge on any atom is -0.379 e. The van der Waals surface area contributed by atoms with Crippen LogP contribution in [0.3, 0.4) is 0 Å². The van der Waals surface area contributed by atoms with Crippen LogP contribution in [0.5, 0.6) is 0 Å². The molecule has 0 unspecified atom stereocenters. The van der Waals surface area contributed by atoms with E-state index in [1.807, 2.05) is 0 Å². The van der Waals surface area contributed by atoms with Crippen LogP contribution in [0.1, 0.15) is 53.4 Å². The molecule has 0 atom stereocenters. The van der Waals surface area contributed by atoms with Crippen molar-refractivity contribution >= 4 is 0 Å². The first kappa shape index (κ1) is 16.9. The molecule has 0 aromatic carbocycles. The summed E-state index contributed by atoms with van der Waals surface area (Å²) in [7, 11) is 0. The van der Waals surface area contributed by atoms with Crippen molar-refractivity contribution in [3.63, 3.8) is 0 Å². The highest BCUT2D eigenvalue weighted by atomic mass is 16.5. The Labute approximate surface area is 120 Å². The van der Waals surface area contributed by atoms with Gasteiger partial charge in [-0.15, -0.1) is 0 Å². The molecule has 1 fully saturated rings. The number of piperidine rings is 1. The van der Waals surface area contributed by atoms with Gasteiger partial charge in [0.2, 0.25) is 0 Å². The van der Waals surface area contributed by atoms with Crippen molar-refractivity contribution in [2.24, 2.45) is 5.92 Å². The molecule has 3 nitrogen and oxygen atoms in total. The third kappa shape index (κ3) is 8.61. The first-order valence-corrected chi connectivity index (χ1v) is 8.15. The molecular weight excluding hydrogens is 236 g/mol. The van der Waals surface area contributed by atoms with Gasteiger partial charge in [-0.1, -0.05) is 13.8 Å². The first-order valence-electron chi connectivity index (χ1n) is 8.15. The number of unbranched alkanes of at least 4 members (excludes halogenated alkanes) is 1. The standard InChI is InChI=1S/C16H34N2O/c1-14(2)13-18-10-7-16(8-11-18)17-9-5-6-12-19-15(3)4/h14-17H,5-13H2,1-4H3. The Balaban J connectivity index is 1.95. The lowest BCUT2D eigenvalue weighted by Crippen LogP contribution is -2.43. The largest absolute Gasteiger partial charge is 0.379 e. The van der Waals surface area contributed by atoms with E-state index in [0.717, 1.165) is 25.1 Å². The summed E-state index contributed by atoms with van der Waals surface area (Å²) in [6, 6.07) is 0.745. The minimum atomic E-state index is 0.373. The molecule has 0 aliphatic carbocycles. The molecule has 0 saturated carbocycles. The lowest BCUT2D eigenvalue weighted by atomic mass is 10.0. The van der Waals surface area contributed by atoms with Gasteiger partial charge in [-0.25, -0.2) is 0 Å². The Morgan fingerprint density at radius 3 is 2.37 bits per heavy atom. The Kier molecular flexibility index (Phi) is 8.67. The fraction of sp³-hybridized carbons (Fsp3) is 1.00. The number of rotatable bonds is 9. The molecule has 19 heavy (non-hydrogen) atoms. The van der Waals surface area contributed by atoms with Gasteiger partial charge < -0.3 is 15.0 Å². The Morgan fingerprint density at radius 1 is 1.11 bits per heavy atom. The highest BCUT2D eigenvalue weighted by Crippen LogP contribution is 2.12. The zero-order chi connectivity index (χ0) is 14.1. The number of likely N-dealkylation sites (tertiary alicyclic amines) is 1. The molecule has 1 N–H and O–H groups in total. The topological polar surface area (TPSA) is 24.5 Å². The molecule has 114 valence electrons. The average Bonchev–Trinajstić information content (AvgIpc) is 2.34. The van der Waals surface area contributed by atoms with E-state index in [1.54, 1.807) is 0 Å². The molecule has 0 aromatic rings. The number of hydrogen-bond donors (Lipinski definition) is 1. The highest BCUT2D eigenvalue weighted by Gasteiger charge is 2.18. The molecule has 0 amide bonds. The van der Waals surface area contributed by atoms with Crippen LogP contribution in [0.15, 0.2) is 0 Å². The fourth-order valence-electron chi connectivity index (χ4n) is 2.69. The van der Waals surface area contributed by atoms with Crippen molar-refractivity contribution < 1.29 is 4.74 Å². The van der Waals surface area contributed by atoms with Crippen LogP contribution in [-0.2, 0) is 4.74 Å². The molecule has 0 bridgehead atoms. The van der Waals surface area contributed by atoms with Gasteiger partial charge in [-0.05, 0) is 65.1 Å². The summed E-state index contributed by atoms with van der Waals surface area (Å²) >= 11 is 0. The summed E-state index contributed by atoms with van der Waals surface area (Å²) in [5.74, 6) is 0.797. The highest BCUT2D eigenvalue weighted by molar-refractivity contribution is 4.77. The van der Waals surface area contributed by atoms with Crippen molar-refractivity contribution in [1.29, 1.82) is 0 Å². The lowest BCUT2D eigenvalue weighted by Gasteiger charge is -2.33. The normalized spacial score (nSPS) is 18.6. The van der Waals surface area contributed by atoms with Gasteiger partial charge in [-0.3, -0.25) is 0 Å². The van der Waals surface area contributed by atoms with Crippen LogP contribution < -0.4 is 5.32 Å². The van der Waals surface area contributed by atoms with Crippen molar-refractivity contribution in [2.45, 2.75) is 65.5 Å². The molecule has 1 heterocycles. The Bertz CT molecular complexity index is 211. The lowest BCUT2D eigenvalue weighted by molar-refractivity contribution is 0.0757. The van der Waals surface area contributed by atoms with Gasteiger partial charge in [0.15, 0.2) is 0 Å². The van der Waals surface area contributed by atoms with Crippen LogP contribution in [0, 0.1) is 5.92 Å². The van der Waals surface area contributed by atoms with Gasteiger partial charge in [-0.2, -0.15) is 0 Å². The number of hydrogen-bond acceptors (Lipinski definition) is 3. The number of nitrogens with zero attached hydrogens (tertiary/aromatic N) is 1. The maximum atomic E-state index is 5.55. The van der Waals surface area contributed by atoms with Crippen LogP contribution in [0.25, 0.3) is 0 Å². The van der Waals surface area contributed by atoms with Gasteiger partial charge in [0, 0.05) is 19.2 Å². The van der Waals surface area contributed by atoms with Crippen molar-refractivity contribution in [1.82, 2.24) is 10.2 Å². The quantitative estimate of drug-likeness (QED) is 0.652. The third-order valence-corrected chi connectivity index (χ3v) is 3.67. The Morgan fingerprint density at radius 2 is 1.79 bits per heavy atom. The average molecular weight is 270 g/mol. The van der Waals surface area contributed by atoms with E-state index < -0.39 is 0 Å². The van der Waals surface area contributed by atoms with Gasteiger partial charge in [0.25, 0.3) is 0 Å². The molecule has 0 radical (unpaired) electrons. The van der Waals surface area contributed by atoms with Crippen LogP contribution >= 0.6 is 0 Å². The van der Waals surface area contributed by atoms with Gasteiger partial charge >= 0.3 is 0 Å². The molecule has 1 aliphatic rings. The maximum absolute atomic E-state index is 5.55. The number of nitrogens with one attached hydrogen (secondary N) is 1. The second kappa shape index (κ2) is 9.73. The van der Waals surface area contributed by atoms with E-state index in [0.29, 0.717) is 6.10 Å². The fourth-order valence-corrected chi connectivity index (χ4v) is 2.69. The zero-order valence-electron chi connectivity index (χ0n) is 13.5. The van der Waals surface area contributed by atoms with Gasteiger partial charge in [0.1, 0.15) is 0 Å². The molecule has 0 aromatic heterocycles. The van der Waals surface area contributed by atoms with Crippen molar-refractivity contribution in [2.75, 3.05) is 32.8 Å². The van der Waals surface area contributed by atoms with Crippen LogP contribution in [0.2, 0.25) is 0 Å². The van der Waals surface area contributed by atoms with E-state index >= 15 is 0 Å². The predicted molar refractivity (Wildman–Crippen MR) is 82.6 cm³/mol. The van der Waals surface area contributed by atoms with Gasteiger partial charge in [0.05, 0.1) is 6.10 Å². The molecule has 0 spiro atoms. The molecule has 3 heteroatoms. The van der Waals surface area contributed by atoms with Crippen LogP contribution in [0.4, 0.5) is 0 Å². The summed E-state index contributed by atoms with van der Waals surface area (Å²) in [5, 5.41) is 3.70. The second-order valence-electron chi connectivity index (χ2n) is 6.55. The van der Waals surface area contributed by atoms with E-state index in [-0.39, 0.29) is 0 Å². The summed E-state index contributed by atoms with van der Waals surface area (Å²) in [6.07, 6.45) is 5.42. The van der Waals surface area contributed by atoms with E-state index in [2.05, 4.69) is 37.9 Å². The summed E-state index contributed by atoms with van der Waals surface area (Å²) < 4.78 is 5.55. The Hall–Kier alpha value is -0.120. The summed E-state index contributed by atoms with van der Waals surface area (Å²) in [5.41, 5.74) is 0. The number of ether oxygens (including phenoxy) is 1. The molecule has 1 saturated heterocycles. The zero-order valence-corrected chi connectivity index (χ0v) is 13.5. The smallest absolute Gasteiger partial charge is 0.0518 e. The molecule has 1 rings (SSSR count). The molecular formula is C16H34N2O. The SMILES string of the molecule is CC(C)CN1CCC(NCCCCOC(C)C)CC1. The van der Waals surface area contributed by atoms with E-state index in [4.69, 9.17) is 4.74 Å². The predicted octanol–water partition coefficient (Wildman–Crippen LogP) is 2.90. The maximum Gasteiger partial charge on any atom is 0.0518 e. The van der Waals surface area contributed by atoms with Crippen LogP contribution in [-0.4, -0.2) is 49.8 Å². The van der Waals surface area contributed by atoms with Crippen molar-refractivity contribution in [3.8, 4) is 0 Å². The monoisotopic (exact) mass is 270 g/mol. The summed E-state index contributed by atoms with van der Waals surface area (Å²) in [4.78, 5) is 2.61. The second-order valence-corrected chi connectivity index (χ2v) is 6.55. The van der Waals surface area contributed by atoms with Crippen molar-refractivity contribution in [3.05, 3.63) is 0 Å². The van der Waals surface area contributed by atoms with E-state index in [9.17, 15) is 0 Å². The van der Waals surface area contributed by atoms with E-state index in [1.165, 1.54) is 45.3 Å². The minimum absolute atomic E-state index is 0.373. The first-order chi connectivity index (χ1) is 9.08. The molecule has 1 aliphatic heterocycles.